The van der Waals surface area contributed by atoms with Crippen molar-refractivity contribution in [2.45, 2.75) is 19.9 Å². The number of benzene rings is 1. The maximum atomic E-state index is 12.4. The number of H-pyrrole nitrogens is 1. The minimum Gasteiger partial charge on any atom is -0.378 e. The summed E-state index contributed by atoms with van der Waals surface area (Å²) in [5.41, 5.74) is 4.35. The van der Waals surface area contributed by atoms with Crippen LogP contribution in [0.25, 0.3) is 22.0 Å². The largest absolute Gasteiger partial charge is 0.378 e. The number of nitrogens with one attached hydrogen (secondary N) is 2. The topological polar surface area (TPSA) is 83.1 Å². The van der Waals surface area contributed by atoms with E-state index in [1.54, 1.807) is 0 Å². The third-order valence-corrected chi connectivity index (χ3v) is 4.63. The van der Waals surface area contributed by atoms with Crippen molar-refractivity contribution < 1.29 is 9.53 Å². The van der Waals surface area contributed by atoms with E-state index in [1.807, 2.05) is 44.4 Å². The lowest BCUT2D eigenvalue weighted by Crippen LogP contribution is -2.36. The number of hydrogen-bond acceptors (Lipinski definition) is 5. The molecule has 0 atom stereocenters. The van der Waals surface area contributed by atoms with Crippen molar-refractivity contribution in [1.29, 1.82) is 0 Å². The molecule has 1 fully saturated rings. The van der Waals surface area contributed by atoms with Gasteiger partial charge in [0, 0.05) is 36.3 Å². The third kappa shape index (κ3) is 3.64. The fourth-order valence-corrected chi connectivity index (χ4v) is 3.28. The Morgan fingerprint density at radius 3 is 2.78 bits per heavy atom. The van der Waals surface area contributed by atoms with E-state index in [0.29, 0.717) is 5.69 Å². The summed E-state index contributed by atoms with van der Waals surface area (Å²) in [5, 5.41) is 10.8. The Hall–Kier alpha value is -2.93. The van der Waals surface area contributed by atoms with Crippen LogP contribution >= 0.6 is 0 Å². The van der Waals surface area contributed by atoms with Gasteiger partial charge in [-0.25, -0.2) is 0 Å². The lowest BCUT2D eigenvalue weighted by molar-refractivity contribution is 0.0939. The number of aromatic nitrogens is 3. The molecule has 7 nitrogen and oxygen atoms in total. The van der Waals surface area contributed by atoms with Crippen LogP contribution in [0.5, 0.6) is 0 Å². The summed E-state index contributed by atoms with van der Waals surface area (Å²) in [6, 6.07) is 8.15. The van der Waals surface area contributed by atoms with E-state index in [4.69, 9.17) is 4.74 Å². The molecule has 1 saturated heterocycles. The summed E-state index contributed by atoms with van der Waals surface area (Å²) in [5.74, 6) is -0.173. The number of rotatable bonds is 4. The van der Waals surface area contributed by atoms with Crippen molar-refractivity contribution in [1.82, 2.24) is 20.5 Å². The van der Waals surface area contributed by atoms with Gasteiger partial charge in [0.1, 0.15) is 0 Å². The fourth-order valence-electron chi connectivity index (χ4n) is 3.28. The highest BCUT2D eigenvalue weighted by Crippen LogP contribution is 2.28. The lowest BCUT2D eigenvalue weighted by Gasteiger charge is -2.28. The standard InChI is InChI=1S/C20H23N5O2/c1-13(2)22-20(26)19-17-10-14(3-4-18(17)23-24-19)15-9-16(12-21-11-15)25-5-7-27-8-6-25/h3-4,9-13H,5-8H2,1-2H3,(H,22,26)(H,23,24). The molecule has 0 aliphatic carbocycles. The van der Waals surface area contributed by atoms with Crippen molar-refractivity contribution in [2.75, 3.05) is 31.2 Å². The first kappa shape index (κ1) is 17.5. The van der Waals surface area contributed by atoms with Gasteiger partial charge in [0.05, 0.1) is 30.6 Å². The second-order valence-corrected chi connectivity index (χ2v) is 6.99. The van der Waals surface area contributed by atoms with Crippen molar-refractivity contribution in [3.63, 3.8) is 0 Å². The van der Waals surface area contributed by atoms with Crippen LogP contribution in [0.3, 0.4) is 0 Å². The average molecular weight is 365 g/mol. The average Bonchev–Trinajstić information content (AvgIpc) is 3.11. The van der Waals surface area contributed by atoms with E-state index < -0.39 is 0 Å². The van der Waals surface area contributed by atoms with Crippen LogP contribution in [0.4, 0.5) is 5.69 Å². The van der Waals surface area contributed by atoms with Gasteiger partial charge >= 0.3 is 0 Å². The van der Waals surface area contributed by atoms with Crippen LogP contribution in [0, 0.1) is 0 Å². The molecule has 1 aromatic carbocycles. The zero-order valence-electron chi connectivity index (χ0n) is 15.5. The maximum absolute atomic E-state index is 12.4. The van der Waals surface area contributed by atoms with Gasteiger partial charge in [-0.05, 0) is 37.6 Å². The predicted molar refractivity (Wildman–Crippen MR) is 105 cm³/mol. The van der Waals surface area contributed by atoms with Crippen LogP contribution in [0.1, 0.15) is 24.3 Å². The molecule has 0 spiro atoms. The van der Waals surface area contributed by atoms with Crippen LogP contribution in [0.2, 0.25) is 0 Å². The highest BCUT2D eigenvalue weighted by molar-refractivity contribution is 6.05. The molecule has 1 aliphatic rings. The quantitative estimate of drug-likeness (QED) is 0.743. The monoisotopic (exact) mass is 365 g/mol. The Morgan fingerprint density at radius 1 is 1.19 bits per heavy atom. The van der Waals surface area contributed by atoms with E-state index >= 15 is 0 Å². The summed E-state index contributed by atoms with van der Waals surface area (Å²) in [6.07, 6.45) is 3.73. The van der Waals surface area contributed by atoms with Crippen LogP contribution in [-0.2, 0) is 4.74 Å². The maximum Gasteiger partial charge on any atom is 0.272 e. The SMILES string of the molecule is CC(C)NC(=O)c1n[nH]c2ccc(-c3cncc(N4CCOCC4)c3)cc12. The number of fused-ring (bicyclic) bond motifs is 1. The van der Waals surface area contributed by atoms with Gasteiger partial charge in [0.15, 0.2) is 5.69 Å². The molecule has 3 aromatic rings. The number of aromatic amines is 1. The Balaban J connectivity index is 1.68. The molecular formula is C20H23N5O2. The normalized spacial score (nSPS) is 14.7. The first-order valence-electron chi connectivity index (χ1n) is 9.19. The number of carbonyl (C=O) groups excluding carboxylic acids is 1. The Kier molecular flexibility index (Phi) is 4.77. The minimum absolute atomic E-state index is 0.0573. The van der Waals surface area contributed by atoms with E-state index in [2.05, 4.69) is 31.5 Å². The second-order valence-electron chi connectivity index (χ2n) is 6.99. The van der Waals surface area contributed by atoms with Crippen LogP contribution in [0.15, 0.2) is 36.7 Å². The second kappa shape index (κ2) is 7.36. The number of carbonyl (C=O) groups is 1. The van der Waals surface area contributed by atoms with E-state index in [1.165, 1.54) is 0 Å². The first-order valence-corrected chi connectivity index (χ1v) is 9.19. The molecule has 1 aliphatic heterocycles. The molecule has 7 heteroatoms. The molecule has 2 aromatic heterocycles. The molecule has 0 saturated carbocycles. The van der Waals surface area contributed by atoms with E-state index in [9.17, 15) is 4.79 Å². The Bertz CT molecular complexity index is 960. The van der Waals surface area contributed by atoms with Crippen LogP contribution in [-0.4, -0.2) is 53.4 Å². The summed E-state index contributed by atoms with van der Waals surface area (Å²) < 4.78 is 5.43. The molecular weight excluding hydrogens is 342 g/mol. The van der Waals surface area contributed by atoms with Gasteiger partial charge in [0.2, 0.25) is 0 Å². The van der Waals surface area contributed by atoms with Crippen molar-refractivity contribution in [3.05, 3.63) is 42.4 Å². The van der Waals surface area contributed by atoms with Gasteiger partial charge in [-0.2, -0.15) is 5.10 Å². The van der Waals surface area contributed by atoms with E-state index in [0.717, 1.165) is 54.0 Å². The highest BCUT2D eigenvalue weighted by Gasteiger charge is 2.16. The van der Waals surface area contributed by atoms with Gasteiger partial charge in [-0.3, -0.25) is 14.9 Å². The van der Waals surface area contributed by atoms with Crippen LogP contribution < -0.4 is 10.2 Å². The number of morpholine rings is 1. The summed E-state index contributed by atoms with van der Waals surface area (Å²) in [6.45, 7) is 7.07. The highest BCUT2D eigenvalue weighted by atomic mass is 16.5. The Labute approximate surface area is 157 Å². The van der Waals surface area contributed by atoms with Crippen molar-refractivity contribution >= 4 is 22.5 Å². The first-order chi connectivity index (χ1) is 13.1. The van der Waals surface area contributed by atoms with Gasteiger partial charge in [0.25, 0.3) is 5.91 Å². The molecule has 1 amide bonds. The van der Waals surface area contributed by atoms with Gasteiger partial charge < -0.3 is 15.0 Å². The number of anilines is 1. The molecule has 2 N–H and O–H groups in total. The number of hydrogen-bond donors (Lipinski definition) is 2. The Morgan fingerprint density at radius 2 is 2.00 bits per heavy atom. The zero-order chi connectivity index (χ0) is 18.8. The number of amides is 1. The molecule has 3 heterocycles. The van der Waals surface area contributed by atoms with Crippen molar-refractivity contribution in [3.8, 4) is 11.1 Å². The molecule has 0 radical (unpaired) electrons. The fraction of sp³-hybridized carbons (Fsp3) is 0.350. The zero-order valence-corrected chi connectivity index (χ0v) is 15.5. The molecule has 140 valence electrons. The summed E-state index contributed by atoms with van der Waals surface area (Å²) in [7, 11) is 0. The van der Waals surface area contributed by atoms with Crippen molar-refractivity contribution in [2.24, 2.45) is 0 Å². The lowest BCUT2D eigenvalue weighted by atomic mass is 10.0. The molecule has 4 rings (SSSR count). The smallest absolute Gasteiger partial charge is 0.272 e. The molecule has 0 bridgehead atoms. The summed E-state index contributed by atoms with van der Waals surface area (Å²) >= 11 is 0. The number of pyridine rings is 1. The third-order valence-electron chi connectivity index (χ3n) is 4.63. The predicted octanol–water partition coefficient (Wildman–Crippen LogP) is 2.60. The number of ether oxygens (including phenoxy) is 1. The number of nitrogens with zero attached hydrogens (tertiary/aromatic N) is 3. The van der Waals surface area contributed by atoms with E-state index in [-0.39, 0.29) is 11.9 Å². The van der Waals surface area contributed by atoms with Gasteiger partial charge in [-0.15, -0.1) is 0 Å². The van der Waals surface area contributed by atoms with Gasteiger partial charge in [-0.1, -0.05) is 6.07 Å². The minimum atomic E-state index is -0.173. The summed E-state index contributed by atoms with van der Waals surface area (Å²) in [4.78, 5) is 19.1. The molecule has 27 heavy (non-hydrogen) atoms. The molecule has 0 unspecified atom stereocenters.